The van der Waals surface area contributed by atoms with E-state index in [4.69, 9.17) is 0 Å². The van der Waals surface area contributed by atoms with Crippen LogP contribution in [0.2, 0.25) is 0 Å². The average molecular weight is 203 g/mol. The highest BCUT2D eigenvalue weighted by Gasteiger charge is 2.19. The number of hydrogen-bond donors (Lipinski definition) is 1. The molecule has 2 rings (SSSR count). The molecular formula is C11H13N3O. The van der Waals surface area contributed by atoms with Crippen molar-refractivity contribution in [2.45, 2.75) is 19.1 Å². The van der Waals surface area contributed by atoms with E-state index in [1.54, 1.807) is 25.6 Å². The Labute approximate surface area is 88.2 Å². The Morgan fingerprint density at radius 2 is 2.20 bits per heavy atom. The third-order valence-corrected chi connectivity index (χ3v) is 2.29. The van der Waals surface area contributed by atoms with Crippen LogP contribution in [0.4, 0.5) is 0 Å². The molecule has 2 unspecified atom stereocenters. The lowest BCUT2D eigenvalue weighted by Gasteiger charge is -2.20. The van der Waals surface area contributed by atoms with Crippen LogP contribution in [0.15, 0.2) is 43.1 Å². The zero-order chi connectivity index (χ0) is 10.7. The van der Waals surface area contributed by atoms with Crippen LogP contribution in [-0.2, 0) is 0 Å². The first kappa shape index (κ1) is 9.86. The minimum absolute atomic E-state index is 0.173. The van der Waals surface area contributed by atoms with Gasteiger partial charge in [0.1, 0.15) is 6.04 Å². The van der Waals surface area contributed by atoms with Gasteiger partial charge in [0.05, 0.1) is 18.1 Å². The molecule has 78 valence electrons. The van der Waals surface area contributed by atoms with Gasteiger partial charge in [-0.3, -0.25) is 4.98 Å². The maximum absolute atomic E-state index is 9.75. The van der Waals surface area contributed by atoms with Crippen molar-refractivity contribution in [1.82, 2.24) is 14.5 Å². The fourth-order valence-corrected chi connectivity index (χ4v) is 1.63. The summed E-state index contributed by atoms with van der Waals surface area (Å²) in [6, 6.07) is 5.50. The predicted octanol–water partition coefficient (Wildman–Crippen LogP) is 1.25. The zero-order valence-corrected chi connectivity index (χ0v) is 8.49. The summed E-state index contributed by atoms with van der Waals surface area (Å²) in [5, 5.41) is 9.75. The van der Waals surface area contributed by atoms with E-state index in [0.29, 0.717) is 0 Å². The second-order valence-corrected chi connectivity index (χ2v) is 3.45. The quantitative estimate of drug-likeness (QED) is 0.816. The van der Waals surface area contributed by atoms with Crippen LogP contribution in [-0.4, -0.2) is 25.7 Å². The molecule has 0 amide bonds. The van der Waals surface area contributed by atoms with Crippen LogP contribution in [0.3, 0.4) is 0 Å². The molecule has 1 N–H and O–H groups in total. The van der Waals surface area contributed by atoms with Gasteiger partial charge in [-0.1, -0.05) is 6.07 Å². The predicted molar refractivity (Wildman–Crippen MR) is 56.3 cm³/mol. The van der Waals surface area contributed by atoms with E-state index in [0.717, 1.165) is 5.69 Å². The van der Waals surface area contributed by atoms with E-state index in [9.17, 15) is 5.11 Å². The van der Waals surface area contributed by atoms with E-state index >= 15 is 0 Å². The standard InChI is InChI=1S/C11H13N3O/c1-9(15)11(14-7-6-12-8-14)10-4-2-3-5-13-10/h2-9,11,15H,1H3. The summed E-state index contributed by atoms with van der Waals surface area (Å²) in [5.74, 6) is 0. The molecule has 2 aromatic heterocycles. The van der Waals surface area contributed by atoms with Crippen molar-refractivity contribution in [3.05, 3.63) is 48.8 Å². The first-order chi connectivity index (χ1) is 7.29. The van der Waals surface area contributed by atoms with Gasteiger partial charge in [-0.2, -0.15) is 0 Å². The highest BCUT2D eigenvalue weighted by molar-refractivity contribution is 5.11. The summed E-state index contributed by atoms with van der Waals surface area (Å²) in [5.41, 5.74) is 0.838. The van der Waals surface area contributed by atoms with Crippen molar-refractivity contribution in [1.29, 1.82) is 0 Å². The summed E-state index contributed by atoms with van der Waals surface area (Å²) in [6.07, 6.45) is 6.42. The fraction of sp³-hybridized carbons (Fsp3) is 0.273. The van der Waals surface area contributed by atoms with Crippen molar-refractivity contribution in [3.63, 3.8) is 0 Å². The van der Waals surface area contributed by atoms with Crippen LogP contribution in [0.25, 0.3) is 0 Å². The highest BCUT2D eigenvalue weighted by atomic mass is 16.3. The molecule has 0 saturated carbocycles. The molecule has 0 saturated heterocycles. The van der Waals surface area contributed by atoms with Crippen molar-refractivity contribution in [3.8, 4) is 0 Å². The Bertz CT molecular complexity index is 397. The summed E-state index contributed by atoms with van der Waals surface area (Å²) in [6.45, 7) is 1.75. The van der Waals surface area contributed by atoms with E-state index in [-0.39, 0.29) is 6.04 Å². The van der Waals surface area contributed by atoms with Gasteiger partial charge in [-0.25, -0.2) is 4.98 Å². The van der Waals surface area contributed by atoms with E-state index in [2.05, 4.69) is 9.97 Å². The molecule has 0 bridgehead atoms. The monoisotopic (exact) mass is 203 g/mol. The molecule has 0 fully saturated rings. The number of aliphatic hydroxyl groups excluding tert-OH is 1. The molecular weight excluding hydrogens is 190 g/mol. The van der Waals surface area contributed by atoms with Crippen LogP contribution < -0.4 is 0 Å². The minimum atomic E-state index is -0.505. The zero-order valence-electron chi connectivity index (χ0n) is 8.49. The molecule has 15 heavy (non-hydrogen) atoms. The Morgan fingerprint density at radius 3 is 2.73 bits per heavy atom. The molecule has 2 atom stereocenters. The normalized spacial score (nSPS) is 14.8. The molecule has 4 heteroatoms. The number of hydrogen-bond acceptors (Lipinski definition) is 3. The second-order valence-electron chi connectivity index (χ2n) is 3.45. The number of aromatic nitrogens is 3. The maximum Gasteiger partial charge on any atom is 0.102 e. The largest absolute Gasteiger partial charge is 0.391 e. The number of rotatable bonds is 3. The average Bonchev–Trinajstić information content (AvgIpc) is 2.72. The molecule has 0 spiro atoms. The fourth-order valence-electron chi connectivity index (χ4n) is 1.63. The lowest BCUT2D eigenvalue weighted by atomic mass is 10.1. The third-order valence-electron chi connectivity index (χ3n) is 2.29. The van der Waals surface area contributed by atoms with Gasteiger partial charge < -0.3 is 9.67 Å². The lowest BCUT2D eigenvalue weighted by molar-refractivity contribution is 0.146. The Hall–Kier alpha value is -1.68. The van der Waals surface area contributed by atoms with Crippen molar-refractivity contribution >= 4 is 0 Å². The van der Waals surface area contributed by atoms with Gasteiger partial charge in [-0.05, 0) is 19.1 Å². The smallest absolute Gasteiger partial charge is 0.102 e. The molecule has 2 aromatic rings. The van der Waals surface area contributed by atoms with Gasteiger partial charge in [0.2, 0.25) is 0 Å². The van der Waals surface area contributed by atoms with Gasteiger partial charge in [0.25, 0.3) is 0 Å². The highest BCUT2D eigenvalue weighted by Crippen LogP contribution is 2.19. The van der Waals surface area contributed by atoms with Gasteiger partial charge in [-0.15, -0.1) is 0 Å². The van der Waals surface area contributed by atoms with Crippen molar-refractivity contribution in [2.24, 2.45) is 0 Å². The first-order valence-electron chi connectivity index (χ1n) is 4.85. The third kappa shape index (κ3) is 2.05. The lowest BCUT2D eigenvalue weighted by Crippen LogP contribution is -2.22. The number of nitrogens with zero attached hydrogens (tertiary/aromatic N) is 3. The van der Waals surface area contributed by atoms with Crippen molar-refractivity contribution < 1.29 is 5.11 Å². The molecule has 0 radical (unpaired) electrons. The van der Waals surface area contributed by atoms with Gasteiger partial charge in [0, 0.05) is 18.6 Å². The number of pyridine rings is 1. The minimum Gasteiger partial charge on any atom is -0.391 e. The Morgan fingerprint density at radius 1 is 1.33 bits per heavy atom. The molecule has 4 nitrogen and oxygen atoms in total. The van der Waals surface area contributed by atoms with Crippen LogP contribution in [0.5, 0.6) is 0 Å². The molecule has 0 aliphatic rings. The molecule has 0 aliphatic heterocycles. The first-order valence-corrected chi connectivity index (χ1v) is 4.85. The summed E-state index contributed by atoms with van der Waals surface area (Å²) < 4.78 is 1.85. The number of imidazole rings is 1. The Balaban J connectivity index is 2.37. The molecule has 0 aliphatic carbocycles. The van der Waals surface area contributed by atoms with Crippen LogP contribution in [0.1, 0.15) is 18.7 Å². The van der Waals surface area contributed by atoms with E-state index < -0.39 is 6.10 Å². The number of aliphatic hydroxyl groups is 1. The van der Waals surface area contributed by atoms with Crippen LogP contribution >= 0.6 is 0 Å². The van der Waals surface area contributed by atoms with Gasteiger partial charge in [0.15, 0.2) is 0 Å². The molecule has 0 aromatic carbocycles. The van der Waals surface area contributed by atoms with E-state index in [1.165, 1.54) is 0 Å². The van der Waals surface area contributed by atoms with Gasteiger partial charge >= 0.3 is 0 Å². The summed E-state index contributed by atoms with van der Waals surface area (Å²) in [7, 11) is 0. The summed E-state index contributed by atoms with van der Waals surface area (Å²) in [4.78, 5) is 8.22. The SMILES string of the molecule is CC(O)C(c1ccccn1)n1ccnc1. The maximum atomic E-state index is 9.75. The Kier molecular flexibility index (Phi) is 2.78. The van der Waals surface area contributed by atoms with Crippen LogP contribution in [0, 0.1) is 0 Å². The molecule has 2 heterocycles. The summed E-state index contributed by atoms with van der Waals surface area (Å²) >= 11 is 0. The topological polar surface area (TPSA) is 50.9 Å². The second kappa shape index (κ2) is 4.23. The van der Waals surface area contributed by atoms with Crippen molar-refractivity contribution in [2.75, 3.05) is 0 Å². The van der Waals surface area contributed by atoms with E-state index in [1.807, 2.05) is 29.0 Å².